The van der Waals surface area contributed by atoms with E-state index in [-0.39, 0.29) is 41.7 Å². The molecule has 0 fully saturated rings. The molecule has 0 radical (unpaired) electrons. The van der Waals surface area contributed by atoms with E-state index in [1.165, 1.54) is 12.3 Å². The van der Waals surface area contributed by atoms with Crippen LogP contribution in [0.3, 0.4) is 0 Å². The third-order valence-corrected chi connectivity index (χ3v) is 4.12. The molecule has 0 atom stereocenters. The molecule has 0 aliphatic rings. The Hall–Kier alpha value is -3.75. The normalized spacial score (nSPS) is 11.1. The average molecular weight is 384 g/mol. The van der Waals surface area contributed by atoms with Crippen LogP contribution in [-0.2, 0) is 11.2 Å². The number of carbonyl (C=O) groups is 1. The van der Waals surface area contributed by atoms with E-state index in [0.29, 0.717) is 16.7 Å². The maximum atomic E-state index is 13.8. The molecule has 2 aromatic heterocycles. The van der Waals surface area contributed by atoms with Crippen LogP contribution in [-0.4, -0.2) is 20.9 Å². The zero-order valence-corrected chi connectivity index (χ0v) is 14.4. The molecule has 3 N–H and O–H groups in total. The second-order valence-electron chi connectivity index (χ2n) is 6.13. The number of hydrogen-bond acceptors (Lipinski definition) is 4. The van der Waals surface area contributed by atoms with Gasteiger partial charge in [-0.2, -0.15) is 0 Å². The molecule has 0 aliphatic carbocycles. The summed E-state index contributed by atoms with van der Waals surface area (Å²) in [5.41, 5.74) is 1.54. The van der Waals surface area contributed by atoms with Gasteiger partial charge in [0.05, 0.1) is 22.8 Å². The minimum absolute atomic E-state index is 0.0908. The van der Waals surface area contributed by atoms with Crippen molar-refractivity contribution < 1.29 is 18.0 Å². The summed E-state index contributed by atoms with van der Waals surface area (Å²) in [5, 5.41) is 2.72. The number of anilines is 1. The Morgan fingerprint density at radius 1 is 1.11 bits per heavy atom. The van der Waals surface area contributed by atoms with E-state index in [9.17, 15) is 18.4 Å². The van der Waals surface area contributed by atoms with Crippen LogP contribution in [0.5, 0.6) is 0 Å². The molecule has 2 aromatic carbocycles. The molecule has 0 aliphatic heterocycles. The van der Waals surface area contributed by atoms with Gasteiger partial charge in [0, 0.05) is 24.6 Å². The van der Waals surface area contributed by atoms with E-state index in [1.807, 2.05) is 0 Å². The van der Waals surface area contributed by atoms with E-state index >= 15 is 0 Å². The van der Waals surface area contributed by atoms with Crippen LogP contribution in [0.2, 0.25) is 0 Å². The van der Waals surface area contributed by atoms with Crippen LogP contribution in [0.15, 0.2) is 51.8 Å². The highest BCUT2D eigenvalue weighted by atomic mass is 19.1. The molecule has 0 saturated carbocycles. The van der Waals surface area contributed by atoms with Gasteiger partial charge in [0.1, 0.15) is 11.6 Å². The number of amides is 1. The number of nitrogens with one attached hydrogen (secondary N) is 3. The van der Waals surface area contributed by atoms with Crippen molar-refractivity contribution in [3.63, 3.8) is 0 Å². The fourth-order valence-corrected chi connectivity index (χ4v) is 2.79. The Morgan fingerprint density at radius 3 is 2.75 bits per heavy atom. The van der Waals surface area contributed by atoms with Gasteiger partial charge in [-0.15, -0.1) is 0 Å². The zero-order chi connectivity index (χ0) is 19.7. The van der Waals surface area contributed by atoms with Crippen molar-refractivity contribution in [1.29, 1.82) is 0 Å². The van der Waals surface area contributed by atoms with Crippen LogP contribution in [0.1, 0.15) is 12.3 Å². The lowest BCUT2D eigenvalue weighted by molar-refractivity contribution is -0.116. The first-order chi connectivity index (χ1) is 13.5. The van der Waals surface area contributed by atoms with Gasteiger partial charge in [0.25, 0.3) is 0 Å². The van der Waals surface area contributed by atoms with Gasteiger partial charge in [0.2, 0.25) is 5.91 Å². The Bertz CT molecular complexity index is 1230. The van der Waals surface area contributed by atoms with Crippen LogP contribution in [0.25, 0.3) is 22.4 Å². The lowest BCUT2D eigenvalue weighted by atomic mass is 10.2. The van der Waals surface area contributed by atoms with E-state index in [0.717, 1.165) is 12.1 Å². The van der Waals surface area contributed by atoms with E-state index in [1.54, 1.807) is 18.2 Å². The number of benzene rings is 2. The standard InChI is InChI=1S/C19H14F2N4O3/c20-10-1-3-12(13(21)7-10)16-9-22-18(28-16)6-5-17(26)23-11-2-4-14-15(8-11)25-19(27)24-14/h1-4,7-9H,5-6H2,(H,23,26)(H2,24,25,27). The fraction of sp³-hybridized carbons (Fsp3) is 0.105. The average Bonchev–Trinajstić information content (AvgIpc) is 3.25. The summed E-state index contributed by atoms with van der Waals surface area (Å²) in [6.07, 6.45) is 1.63. The maximum Gasteiger partial charge on any atom is 0.323 e. The van der Waals surface area contributed by atoms with Gasteiger partial charge in [-0.25, -0.2) is 18.6 Å². The largest absolute Gasteiger partial charge is 0.441 e. The van der Waals surface area contributed by atoms with Crippen LogP contribution in [0, 0.1) is 11.6 Å². The topological polar surface area (TPSA) is 104 Å². The lowest BCUT2D eigenvalue weighted by Gasteiger charge is -2.04. The molecule has 9 heteroatoms. The molecule has 0 spiro atoms. The SMILES string of the molecule is O=C(CCc1ncc(-c2ccc(F)cc2F)o1)Nc1ccc2[nH]c(=O)[nH]c2c1. The van der Waals surface area contributed by atoms with Gasteiger partial charge in [-0.1, -0.05) is 0 Å². The molecule has 0 unspecified atom stereocenters. The van der Waals surface area contributed by atoms with Gasteiger partial charge < -0.3 is 19.7 Å². The van der Waals surface area contributed by atoms with Crippen molar-refractivity contribution in [1.82, 2.24) is 15.0 Å². The molecule has 0 saturated heterocycles. The first-order valence-corrected chi connectivity index (χ1v) is 8.40. The Labute approximate surface area is 156 Å². The predicted molar refractivity (Wildman–Crippen MR) is 97.7 cm³/mol. The molecular formula is C19H14F2N4O3. The summed E-state index contributed by atoms with van der Waals surface area (Å²) in [6, 6.07) is 8.15. The quantitative estimate of drug-likeness (QED) is 0.491. The number of carbonyl (C=O) groups excluding carboxylic acids is 1. The molecular weight excluding hydrogens is 370 g/mol. The highest BCUT2D eigenvalue weighted by Crippen LogP contribution is 2.24. The minimum atomic E-state index is -0.751. The second kappa shape index (κ2) is 7.10. The number of nitrogens with zero attached hydrogens (tertiary/aromatic N) is 1. The number of hydrogen-bond donors (Lipinski definition) is 3. The lowest BCUT2D eigenvalue weighted by Crippen LogP contribution is -2.12. The summed E-state index contributed by atoms with van der Waals surface area (Å²) < 4.78 is 32.2. The van der Waals surface area contributed by atoms with E-state index in [2.05, 4.69) is 20.3 Å². The van der Waals surface area contributed by atoms with Crippen molar-refractivity contribution in [2.24, 2.45) is 0 Å². The van der Waals surface area contributed by atoms with Gasteiger partial charge in [-0.05, 0) is 30.3 Å². The molecule has 142 valence electrons. The van der Waals surface area contributed by atoms with Crippen molar-refractivity contribution in [3.8, 4) is 11.3 Å². The smallest absolute Gasteiger partial charge is 0.323 e. The second-order valence-corrected chi connectivity index (χ2v) is 6.13. The molecule has 0 bridgehead atoms. The summed E-state index contributed by atoms with van der Waals surface area (Å²) in [4.78, 5) is 32.7. The molecule has 7 nitrogen and oxygen atoms in total. The van der Waals surface area contributed by atoms with Gasteiger partial charge in [0.15, 0.2) is 11.7 Å². The first-order valence-electron chi connectivity index (χ1n) is 8.40. The Kier molecular flexibility index (Phi) is 4.48. The van der Waals surface area contributed by atoms with Crippen LogP contribution < -0.4 is 11.0 Å². The summed E-state index contributed by atoms with van der Waals surface area (Å²) in [5.74, 6) is -1.28. The number of rotatable bonds is 5. The summed E-state index contributed by atoms with van der Waals surface area (Å²) >= 11 is 0. The van der Waals surface area contributed by atoms with Crippen molar-refractivity contribution in [2.45, 2.75) is 12.8 Å². The summed E-state index contributed by atoms with van der Waals surface area (Å²) in [7, 11) is 0. The molecule has 4 rings (SSSR count). The van der Waals surface area contributed by atoms with Gasteiger partial charge >= 0.3 is 5.69 Å². The number of aryl methyl sites for hydroxylation is 1. The van der Waals surface area contributed by atoms with Crippen LogP contribution >= 0.6 is 0 Å². The first kappa shape index (κ1) is 17.7. The number of oxazole rings is 1. The molecule has 1 amide bonds. The van der Waals surface area contributed by atoms with Crippen molar-refractivity contribution in [3.05, 3.63) is 70.6 Å². The number of fused-ring (bicyclic) bond motifs is 1. The monoisotopic (exact) mass is 384 g/mol. The van der Waals surface area contributed by atoms with Crippen molar-refractivity contribution in [2.75, 3.05) is 5.32 Å². The zero-order valence-electron chi connectivity index (χ0n) is 14.4. The highest BCUT2D eigenvalue weighted by molar-refractivity contribution is 5.93. The molecule has 28 heavy (non-hydrogen) atoms. The number of aromatic nitrogens is 3. The van der Waals surface area contributed by atoms with E-state index in [4.69, 9.17) is 4.42 Å². The maximum absolute atomic E-state index is 13.8. The highest BCUT2D eigenvalue weighted by Gasteiger charge is 2.13. The van der Waals surface area contributed by atoms with Crippen molar-refractivity contribution >= 4 is 22.6 Å². The minimum Gasteiger partial charge on any atom is -0.441 e. The number of aromatic amines is 2. The van der Waals surface area contributed by atoms with Crippen LogP contribution in [0.4, 0.5) is 14.5 Å². The Morgan fingerprint density at radius 2 is 1.93 bits per heavy atom. The third kappa shape index (κ3) is 3.68. The molecule has 2 heterocycles. The van der Waals surface area contributed by atoms with Gasteiger partial charge in [-0.3, -0.25) is 4.79 Å². The number of imidazole rings is 1. The number of halogens is 2. The Balaban J connectivity index is 1.39. The predicted octanol–water partition coefficient (Wildman–Crippen LogP) is 3.36. The summed E-state index contributed by atoms with van der Waals surface area (Å²) in [6.45, 7) is 0. The molecule has 4 aromatic rings. The third-order valence-electron chi connectivity index (χ3n) is 4.12. The number of H-pyrrole nitrogens is 2. The van der Waals surface area contributed by atoms with E-state index < -0.39 is 11.6 Å². The fourth-order valence-electron chi connectivity index (χ4n) is 2.79.